The molecule has 0 N–H and O–H groups in total. The van der Waals surface area contributed by atoms with Crippen LogP contribution in [0.1, 0.15) is 22.0 Å². The number of furan rings is 1. The van der Waals surface area contributed by atoms with Crippen molar-refractivity contribution in [3.8, 4) is 0 Å². The van der Waals surface area contributed by atoms with Crippen LogP contribution in [0.5, 0.6) is 0 Å². The van der Waals surface area contributed by atoms with E-state index in [2.05, 4.69) is 5.10 Å². The minimum atomic E-state index is -0.276. The van der Waals surface area contributed by atoms with Crippen LogP contribution in [0, 0.1) is 6.92 Å². The van der Waals surface area contributed by atoms with Gasteiger partial charge in [-0.2, -0.15) is 5.10 Å². The van der Waals surface area contributed by atoms with Gasteiger partial charge in [0.1, 0.15) is 11.5 Å². The number of rotatable bonds is 5. The number of nitrogens with zero attached hydrogens (tertiary/aromatic N) is 2. The fraction of sp³-hybridized carbons (Fsp3) is 0.333. The zero-order valence-corrected chi connectivity index (χ0v) is 10.9. The number of carbonyl (C=O) groups excluding carboxylic acids is 1. The molecule has 5 nitrogen and oxygen atoms in total. The Balaban J connectivity index is 2.32. The molecule has 0 fully saturated rings. The van der Waals surface area contributed by atoms with Crippen molar-refractivity contribution in [1.82, 2.24) is 9.78 Å². The second-order valence-corrected chi connectivity index (χ2v) is 4.20. The molecule has 96 valence electrons. The van der Waals surface area contributed by atoms with E-state index in [9.17, 15) is 4.79 Å². The maximum absolute atomic E-state index is 12.2. The summed E-state index contributed by atoms with van der Waals surface area (Å²) in [5, 5.41) is 4.36. The van der Waals surface area contributed by atoms with Crippen molar-refractivity contribution in [2.24, 2.45) is 0 Å². The quantitative estimate of drug-likeness (QED) is 0.781. The first-order valence-electron chi connectivity index (χ1n) is 5.45. The predicted molar refractivity (Wildman–Crippen MR) is 66.0 cm³/mol. The van der Waals surface area contributed by atoms with E-state index in [0.717, 1.165) is 0 Å². The number of aryl methyl sites for hydroxylation is 1. The zero-order valence-electron chi connectivity index (χ0n) is 10.1. The summed E-state index contributed by atoms with van der Waals surface area (Å²) < 4.78 is 11.8. The SMILES string of the molecule is COCCn1ncc(Cl)c1C(=O)c1ccc(C)o1. The summed E-state index contributed by atoms with van der Waals surface area (Å²) in [4.78, 5) is 12.2. The summed E-state index contributed by atoms with van der Waals surface area (Å²) in [6.45, 7) is 2.69. The number of hydrogen-bond acceptors (Lipinski definition) is 4. The van der Waals surface area contributed by atoms with Gasteiger partial charge in [-0.1, -0.05) is 11.6 Å². The van der Waals surface area contributed by atoms with Gasteiger partial charge in [-0.3, -0.25) is 9.48 Å². The number of methoxy groups -OCH3 is 1. The van der Waals surface area contributed by atoms with E-state index >= 15 is 0 Å². The van der Waals surface area contributed by atoms with Crippen LogP contribution in [-0.2, 0) is 11.3 Å². The highest BCUT2D eigenvalue weighted by molar-refractivity contribution is 6.34. The van der Waals surface area contributed by atoms with Crippen molar-refractivity contribution in [3.63, 3.8) is 0 Å². The molecule has 2 aromatic heterocycles. The number of ether oxygens (including phenoxy) is 1. The summed E-state index contributed by atoms with van der Waals surface area (Å²) in [6, 6.07) is 3.36. The molecule has 0 amide bonds. The minimum Gasteiger partial charge on any atom is -0.458 e. The molecule has 0 aromatic carbocycles. The van der Waals surface area contributed by atoms with Crippen LogP contribution in [0.2, 0.25) is 5.02 Å². The Morgan fingerprint density at radius 1 is 1.56 bits per heavy atom. The van der Waals surface area contributed by atoms with Crippen molar-refractivity contribution < 1.29 is 13.9 Å². The summed E-state index contributed by atoms with van der Waals surface area (Å²) in [5.74, 6) is 0.660. The van der Waals surface area contributed by atoms with E-state index in [4.69, 9.17) is 20.8 Å². The lowest BCUT2D eigenvalue weighted by atomic mass is 10.2. The summed E-state index contributed by atoms with van der Waals surface area (Å²) >= 11 is 5.99. The summed E-state index contributed by atoms with van der Waals surface area (Å²) in [6.07, 6.45) is 1.44. The number of carbonyl (C=O) groups is 1. The standard InChI is InChI=1S/C12H13ClN2O3/c1-8-3-4-10(18-8)12(16)11-9(13)7-14-15(11)5-6-17-2/h3-4,7H,5-6H2,1-2H3. The molecule has 0 atom stereocenters. The third kappa shape index (κ3) is 2.47. The molecule has 0 saturated heterocycles. The second-order valence-electron chi connectivity index (χ2n) is 3.80. The molecular weight excluding hydrogens is 256 g/mol. The van der Waals surface area contributed by atoms with E-state index in [1.54, 1.807) is 26.2 Å². The zero-order chi connectivity index (χ0) is 13.1. The number of halogens is 1. The molecule has 0 aliphatic heterocycles. The van der Waals surface area contributed by atoms with Gasteiger partial charge in [-0.05, 0) is 19.1 Å². The smallest absolute Gasteiger partial charge is 0.247 e. The second kappa shape index (κ2) is 5.37. The van der Waals surface area contributed by atoms with E-state index in [-0.39, 0.29) is 11.5 Å². The highest BCUT2D eigenvalue weighted by Gasteiger charge is 2.21. The topological polar surface area (TPSA) is 57.3 Å². The lowest BCUT2D eigenvalue weighted by molar-refractivity contribution is 0.0994. The first-order chi connectivity index (χ1) is 8.63. The van der Waals surface area contributed by atoms with Gasteiger partial charge in [-0.15, -0.1) is 0 Å². The molecule has 2 heterocycles. The Hall–Kier alpha value is -1.59. The molecule has 0 spiro atoms. The highest BCUT2D eigenvalue weighted by Crippen LogP contribution is 2.20. The number of hydrogen-bond donors (Lipinski definition) is 0. The van der Waals surface area contributed by atoms with Crippen LogP contribution in [-0.4, -0.2) is 29.3 Å². The van der Waals surface area contributed by atoms with Gasteiger partial charge in [0.15, 0.2) is 5.76 Å². The van der Waals surface area contributed by atoms with Crippen LogP contribution in [0.3, 0.4) is 0 Å². The third-order valence-electron chi connectivity index (χ3n) is 2.48. The first-order valence-corrected chi connectivity index (χ1v) is 5.82. The minimum absolute atomic E-state index is 0.258. The molecule has 2 aromatic rings. The van der Waals surface area contributed by atoms with Crippen LogP contribution >= 0.6 is 11.6 Å². The van der Waals surface area contributed by atoms with Crippen LogP contribution in [0.4, 0.5) is 0 Å². The van der Waals surface area contributed by atoms with Crippen molar-refractivity contribution in [2.75, 3.05) is 13.7 Å². The average molecular weight is 269 g/mol. The maximum atomic E-state index is 12.2. The van der Waals surface area contributed by atoms with Gasteiger partial charge >= 0.3 is 0 Å². The molecular formula is C12H13ClN2O3. The van der Waals surface area contributed by atoms with Gasteiger partial charge < -0.3 is 9.15 Å². The summed E-state index contributed by atoms with van der Waals surface area (Å²) in [7, 11) is 1.59. The molecule has 0 bridgehead atoms. The van der Waals surface area contributed by atoms with E-state index in [1.807, 2.05) is 0 Å². The van der Waals surface area contributed by atoms with Crippen LogP contribution < -0.4 is 0 Å². The van der Waals surface area contributed by atoms with Crippen molar-refractivity contribution in [2.45, 2.75) is 13.5 Å². The molecule has 0 aliphatic rings. The molecule has 0 saturated carbocycles. The van der Waals surface area contributed by atoms with E-state index in [1.165, 1.54) is 10.9 Å². The highest BCUT2D eigenvalue weighted by atomic mass is 35.5. The van der Waals surface area contributed by atoms with Crippen LogP contribution in [0.15, 0.2) is 22.7 Å². The Morgan fingerprint density at radius 3 is 2.94 bits per heavy atom. The Bertz CT molecular complexity index is 559. The average Bonchev–Trinajstić information content (AvgIpc) is 2.92. The molecule has 0 radical (unpaired) electrons. The monoisotopic (exact) mass is 268 g/mol. The van der Waals surface area contributed by atoms with Gasteiger partial charge in [0.2, 0.25) is 5.78 Å². The Kier molecular flexibility index (Phi) is 3.84. The molecule has 2 rings (SSSR count). The van der Waals surface area contributed by atoms with Crippen molar-refractivity contribution >= 4 is 17.4 Å². The van der Waals surface area contributed by atoms with Gasteiger partial charge in [0, 0.05) is 7.11 Å². The molecule has 0 unspecified atom stereocenters. The van der Waals surface area contributed by atoms with E-state index < -0.39 is 0 Å². The van der Waals surface area contributed by atoms with Crippen LogP contribution in [0.25, 0.3) is 0 Å². The molecule has 6 heteroatoms. The Labute approximate surface area is 109 Å². The fourth-order valence-electron chi connectivity index (χ4n) is 1.61. The summed E-state index contributed by atoms with van der Waals surface area (Å²) in [5.41, 5.74) is 0.322. The largest absolute Gasteiger partial charge is 0.458 e. The maximum Gasteiger partial charge on any atom is 0.247 e. The number of aromatic nitrogens is 2. The Morgan fingerprint density at radius 2 is 2.33 bits per heavy atom. The first kappa shape index (κ1) is 12.9. The predicted octanol–water partition coefficient (Wildman–Crippen LogP) is 2.32. The van der Waals surface area contributed by atoms with E-state index in [0.29, 0.717) is 29.6 Å². The third-order valence-corrected chi connectivity index (χ3v) is 2.76. The molecule has 18 heavy (non-hydrogen) atoms. The molecule has 0 aliphatic carbocycles. The lowest BCUT2D eigenvalue weighted by Crippen LogP contribution is -2.14. The fourth-order valence-corrected chi connectivity index (χ4v) is 1.84. The normalized spacial score (nSPS) is 10.8. The van der Waals surface area contributed by atoms with Gasteiger partial charge in [0.25, 0.3) is 0 Å². The van der Waals surface area contributed by atoms with Crippen molar-refractivity contribution in [3.05, 3.63) is 40.6 Å². The number of ketones is 1. The van der Waals surface area contributed by atoms with Gasteiger partial charge in [0.05, 0.1) is 24.4 Å². The lowest BCUT2D eigenvalue weighted by Gasteiger charge is -2.05. The van der Waals surface area contributed by atoms with Crippen molar-refractivity contribution in [1.29, 1.82) is 0 Å². The van der Waals surface area contributed by atoms with Gasteiger partial charge in [-0.25, -0.2) is 0 Å².